The van der Waals surface area contributed by atoms with Gasteiger partial charge in [0, 0.05) is 24.8 Å². The molecule has 0 fully saturated rings. The van der Waals surface area contributed by atoms with Crippen molar-refractivity contribution in [3.05, 3.63) is 66.2 Å². The van der Waals surface area contributed by atoms with Gasteiger partial charge in [-0.1, -0.05) is 48.5 Å². The Bertz CT molecular complexity index is 434. The van der Waals surface area contributed by atoms with E-state index in [4.69, 9.17) is 0 Å². The first-order valence-corrected chi connectivity index (χ1v) is 7.37. The van der Waals surface area contributed by atoms with E-state index in [1.54, 1.807) is 0 Å². The maximum absolute atomic E-state index is 3.42. The van der Waals surface area contributed by atoms with Crippen molar-refractivity contribution < 1.29 is 0 Å². The first-order chi connectivity index (χ1) is 9.85. The number of hydrogen-bond donors (Lipinski definition) is 1. The molecule has 0 saturated heterocycles. The Labute approximate surface area is 122 Å². The number of hydrogen-bond acceptors (Lipinski definition) is 2. The van der Waals surface area contributed by atoms with Gasteiger partial charge in [-0.15, -0.1) is 0 Å². The van der Waals surface area contributed by atoms with Crippen LogP contribution < -0.4 is 10.2 Å². The summed E-state index contributed by atoms with van der Waals surface area (Å²) < 4.78 is 0. The number of nitrogens with one attached hydrogen (secondary N) is 1. The summed E-state index contributed by atoms with van der Waals surface area (Å²) in [7, 11) is 2.04. The smallest absolute Gasteiger partial charge is 0.0366 e. The van der Waals surface area contributed by atoms with Crippen molar-refractivity contribution in [2.75, 3.05) is 25.0 Å². The van der Waals surface area contributed by atoms with Crippen molar-refractivity contribution in [3.8, 4) is 0 Å². The van der Waals surface area contributed by atoms with Gasteiger partial charge in [-0.2, -0.15) is 0 Å². The summed E-state index contributed by atoms with van der Waals surface area (Å²) in [5, 5.41) is 3.42. The van der Waals surface area contributed by atoms with E-state index in [9.17, 15) is 0 Å². The van der Waals surface area contributed by atoms with Crippen LogP contribution in [0.5, 0.6) is 0 Å². The van der Waals surface area contributed by atoms with Crippen LogP contribution in [0.4, 0.5) is 5.69 Å². The van der Waals surface area contributed by atoms with Crippen molar-refractivity contribution in [1.29, 1.82) is 0 Å². The predicted molar refractivity (Wildman–Crippen MR) is 87.2 cm³/mol. The summed E-state index contributed by atoms with van der Waals surface area (Å²) in [5.74, 6) is 0. The molecule has 0 bridgehead atoms. The molecule has 0 heterocycles. The van der Waals surface area contributed by atoms with E-state index in [0.29, 0.717) is 6.04 Å². The summed E-state index contributed by atoms with van der Waals surface area (Å²) >= 11 is 0. The van der Waals surface area contributed by atoms with Crippen LogP contribution in [0.15, 0.2) is 60.7 Å². The highest BCUT2D eigenvalue weighted by Gasteiger charge is 2.11. The molecule has 2 nitrogen and oxygen atoms in total. The van der Waals surface area contributed by atoms with Crippen molar-refractivity contribution in [3.63, 3.8) is 0 Å². The standard InChI is InChI=1S/C18H24N2/c1-3-20(17-12-8-5-9-13-17)15-14-18(19-2)16-10-6-4-7-11-16/h4-13,18-19H,3,14-15H2,1-2H3. The summed E-state index contributed by atoms with van der Waals surface area (Å²) in [6, 6.07) is 21.7. The molecule has 20 heavy (non-hydrogen) atoms. The Kier molecular flexibility index (Phi) is 5.63. The second kappa shape index (κ2) is 7.71. The minimum Gasteiger partial charge on any atom is -0.372 e. The molecule has 2 aromatic carbocycles. The maximum Gasteiger partial charge on any atom is 0.0366 e. The average Bonchev–Trinajstić information content (AvgIpc) is 2.53. The van der Waals surface area contributed by atoms with Crippen LogP contribution in [-0.2, 0) is 0 Å². The monoisotopic (exact) mass is 268 g/mol. The second-order valence-electron chi connectivity index (χ2n) is 4.96. The van der Waals surface area contributed by atoms with Gasteiger partial charge in [-0.05, 0) is 38.1 Å². The molecule has 0 aliphatic carbocycles. The molecule has 106 valence electrons. The fraction of sp³-hybridized carbons (Fsp3) is 0.333. The first kappa shape index (κ1) is 14.6. The van der Waals surface area contributed by atoms with Crippen LogP contribution in [0, 0.1) is 0 Å². The van der Waals surface area contributed by atoms with Gasteiger partial charge >= 0.3 is 0 Å². The molecule has 1 unspecified atom stereocenters. The van der Waals surface area contributed by atoms with E-state index in [1.807, 2.05) is 7.05 Å². The average molecular weight is 268 g/mol. The van der Waals surface area contributed by atoms with Crippen LogP contribution in [0.3, 0.4) is 0 Å². The molecule has 1 atom stereocenters. The molecule has 0 aliphatic heterocycles. The number of rotatable bonds is 7. The van der Waals surface area contributed by atoms with Crippen LogP contribution >= 0.6 is 0 Å². The lowest BCUT2D eigenvalue weighted by Gasteiger charge is -2.26. The predicted octanol–water partition coefficient (Wildman–Crippen LogP) is 3.86. The van der Waals surface area contributed by atoms with E-state index in [-0.39, 0.29) is 0 Å². The molecule has 0 aliphatic rings. The summed E-state index contributed by atoms with van der Waals surface area (Å²) in [6.07, 6.45) is 1.10. The van der Waals surface area contributed by atoms with Crippen LogP contribution in [0.25, 0.3) is 0 Å². The van der Waals surface area contributed by atoms with Crippen molar-refractivity contribution >= 4 is 5.69 Å². The minimum atomic E-state index is 0.411. The van der Waals surface area contributed by atoms with Crippen molar-refractivity contribution in [1.82, 2.24) is 5.32 Å². The molecule has 0 aromatic heterocycles. The highest BCUT2D eigenvalue weighted by atomic mass is 15.1. The molecule has 2 aromatic rings. The fourth-order valence-electron chi connectivity index (χ4n) is 2.56. The third-order valence-electron chi connectivity index (χ3n) is 3.74. The van der Waals surface area contributed by atoms with Gasteiger partial charge in [0.15, 0.2) is 0 Å². The van der Waals surface area contributed by atoms with E-state index in [0.717, 1.165) is 19.5 Å². The molecule has 1 N–H and O–H groups in total. The van der Waals surface area contributed by atoms with Gasteiger partial charge in [-0.25, -0.2) is 0 Å². The molecular weight excluding hydrogens is 244 g/mol. The highest BCUT2D eigenvalue weighted by molar-refractivity contribution is 5.45. The van der Waals surface area contributed by atoms with Gasteiger partial charge in [0.2, 0.25) is 0 Å². The van der Waals surface area contributed by atoms with Crippen LogP contribution in [0.2, 0.25) is 0 Å². The van der Waals surface area contributed by atoms with Gasteiger partial charge < -0.3 is 10.2 Å². The Balaban J connectivity index is 1.99. The summed E-state index contributed by atoms with van der Waals surface area (Å²) in [5.41, 5.74) is 2.66. The van der Waals surface area contributed by atoms with Crippen LogP contribution in [0.1, 0.15) is 24.9 Å². The molecule has 0 radical (unpaired) electrons. The fourth-order valence-corrected chi connectivity index (χ4v) is 2.56. The zero-order chi connectivity index (χ0) is 14.2. The van der Waals surface area contributed by atoms with Gasteiger partial charge in [0.05, 0.1) is 0 Å². The van der Waals surface area contributed by atoms with Gasteiger partial charge in [0.1, 0.15) is 0 Å². The normalized spacial score (nSPS) is 12.1. The largest absolute Gasteiger partial charge is 0.372 e. The number of benzene rings is 2. The third kappa shape index (κ3) is 3.84. The van der Waals surface area contributed by atoms with E-state index in [1.165, 1.54) is 11.3 Å². The lowest BCUT2D eigenvalue weighted by Crippen LogP contribution is -2.28. The van der Waals surface area contributed by atoms with E-state index >= 15 is 0 Å². The van der Waals surface area contributed by atoms with Crippen molar-refractivity contribution in [2.24, 2.45) is 0 Å². The first-order valence-electron chi connectivity index (χ1n) is 7.37. The Morgan fingerprint density at radius 1 is 0.950 bits per heavy atom. The Hall–Kier alpha value is -1.80. The molecule has 0 saturated carbocycles. The van der Waals surface area contributed by atoms with Crippen LogP contribution in [-0.4, -0.2) is 20.1 Å². The Morgan fingerprint density at radius 2 is 1.55 bits per heavy atom. The topological polar surface area (TPSA) is 15.3 Å². The van der Waals surface area contributed by atoms with Gasteiger partial charge in [-0.3, -0.25) is 0 Å². The lowest BCUT2D eigenvalue weighted by atomic mass is 10.0. The zero-order valence-corrected chi connectivity index (χ0v) is 12.4. The molecule has 0 spiro atoms. The van der Waals surface area contributed by atoms with Gasteiger partial charge in [0.25, 0.3) is 0 Å². The lowest BCUT2D eigenvalue weighted by molar-refractivity contribution is 0.544. The van der Waals surface area contributed by atoms with E-state index in [2.05, 4.69) is 77.8 Å². The maximum atomic E-state index is 3.42. The number of anilines is 1. The van der Waals surface area contributed by atoms with E-state index < -0.39 is 0 Å². The highest BCUT2D eigenvalue weighted by Crippen LogP contribution is 2.19. The minimum absolute atomic E-state index is 0.411. The zero-order valence-electron chi connectivity index (χ0n) is 12.4. The third-order valence-corrected chi connectivity index (χ3v) is 3.74. The molecule has 2 heteroatoms. The quantitative estimate of drug-likeness (QED) is 0.820. The number of nitrogens with zero attached hydrogens (tertiary/aromatic N) is 1. The second-order valence-corrected chi connectivity index (χ2v) is 4.96. The Morgan fingerprint density at radius 3 is 2.10 bits per heavy atom. The molecule has 2 rings (SSSR count). The summed E-state index contributed by atoms with van der Waals surface area (Å²) in [6.45, 7) is 4.31. The molecular formula is C18H24N2. The molecule has 0 amide bonds. The number of para-hydroxylation sites is 1. The van der Waals surface area contributed by atoms with Crippen molar-refractivity contribution in [2.45, 2.75) is 19.4 Å². The summed E-state index contributed by atoms with van der Waals surface area (Å²) in [4.78, 5) is 2.42. The SMILES string of the molecule is CCN(CCC(NC)c1ccccc1)c1ccccc1.